The van der Waals surface area contributed by atoms with Gasteiger partial charge in [-0.05, 0) is 26.3 Å². The van der Waals surface area contributed by atoms with Gasteiger partial charge in [0, 0.05) is 38.3 Å². The van der Waals surface area contributed by atoms with E-state index in [0.29, 0.717) is 17.6 Å². The van der Waals surface area contributed by atoms with Gasteiger partial charge in [0.1, 0.15) is 17.3 Å². The van der Waals surface area contributed by atoms with Gasteiger partial charge in [0.05, 0.1) is 0 Å². The van der Waals surface area contributed by atoms with Crippen LogP contribution in [0, 0.1) is 6.92 Å². The number of amides is 1. The summed E-state index contributed by atoms with van der Waals surface area (Å²) in [6, 6.07) is 2.16. The van der Waals surface area contributed by atoms with Gasteiger partial charge in [0.15, 0.2) is 0 Å². The molecule has 1 aromatic rings. The van der Waals surface area contributed by atoms with E-state index in [1.54, 1.807) is 0 Å². The Balaban J connectivity index is 1.68. The fourth-order valence-electron chi connectivity index (χ4n) is 3.63. The van der Waals surface area contributed by atoms with Gasteiger partial charge in [0.2, 0.25) is 0 Å². The summed E-state index contributed by atoms with van der Waals surface area (Å²) < 4.78 is 0. The minimum absolute atomic E-state index is 0.0548. The summed E-state index contributed by atoms with van der Waals surface area (Å²) in [4.78, 5) is 26.2. The number of rotatable bonds is 4. The van der Waals surface area contributed by atoms with Gasteiger partial charge in [-0.1, -0.05) is 26.2 Å². The Bertz CT molecular complexity index is 563. The Hall–Kier alpha value is -1.69. The summed E-state index contributed by atoms with van der Waals surface area (Å²) in [5.74, 6) is 1.49. The third kappa shape index (κ3) is 4.23. The first-order valence-electron chi connectivity index (χ1n) is 9.29. The number of aryl methyl sites for hydroxylation is 1. The van der Waals surface area contributed by atoms with Crippen molar-refractivity contribution in [3.63, 3.8) is 0 Å². The van der Waals surface area contributed by atoms with Gasteiger partial charge in [-0.3, -0.25) is 4.79 Å². The van der Waals surface area contributed by atoms with Crippen LogP contribution in [0.2, 0.25) is 0 Å². The molecule has 3 rings (SSSR count). The van der Waals surface area contributed by atoms with Crippen molar-refractivity contribution in [3.8, 4) is 0 Å². The number of nitrogens with one attached hydrogen (secondary N) is 1. The fourth-order valence-corrected chi connectivity index (χ4v) is 3.63. The van der Waals surface area contributed by atoms with Gasteiger partial charge >= 0.3 is 0 Å². The van der Waals surface area contributed by atoms with Crippen LogP contribution < -0.4 is 10.2 Å². The summed E-state index contributed by atoms with van der Waals surface area (Å²) in [5.41, 5.74) is 0.501. The summed E-state index contributed by atoms with van der Waals surface area (Å²) in [5, 5.41) is 3.15. The van der Waals surface area contributed by atoms with Gasteiger partial charge in [-0.25, -0.2) is 9.97 Å². The molecule has 1 aliphatic carbocycles. The first-order valence-corrected chi connectivity index (χ1v) is 9.29. The number of likely N-dealkylation sites (N-methyl/N-ethyl adjacent to an activating group) is 1. The highest BCUT2D eigenvalue weighted by Gasteiger charge is 2.21. The Morgan fingerprint density at radius 1 is 1.17 bits per heavy atom. The van der Waals surface area contributed by atoms with Gasteiger partial charge in [0.25, 0.3) is 5.91 Å². The molecule has 24 heavy (non-hydrogen) atoms. The maximum Gasteiger partial charge on any atom is 0.270 e. The molecule has 0 unspecified atom stereocenters. The highest BCUT2D eigenvalue weighted by atomic mass is 16.1. The summed E-state index contributed by atoms with van der Waals surface area (Å²) >= 11 is 0. The van der Waals surface area contributed by atoms with Crippen molar-refractivity contribution in [3.05, 3.63) is 17.6 Å². The Kier molecular flexibility index (Phi) is 5.66. The van der Waals surface area contributed by atoms with Crippen molar-refractivity contribution in [2.24, 2.45) is 0 Å². The molecule has 2 fully saturated rings. The molecule has 6 nitrogen and oxygen atoms in total. The number of carbonyl (C=O) groups excluding carboxylic acids is 1. The SMILES string of the molecule is CCN1CCN(c2cc(C(=O)NC3CCCCC3)nc(C)n2)CC1. The number of hydrogen-bond acceptors (Lipinski definition) is 5. The Labute approximate surface area is 144 Å². The minimum Gasteiger partial charge on any atom is -0.354 e. The molecule has 2 heterocycles. The van der Waals surface area contributed by atoms with Crippen LogP contribution in [0.1, 0.15) is 55.3 Å². The largest absolute Gasteiger partial charge is 0.354 e. The molecule has 0 spiro atoms. The first kappa shape index (κ1) is 17.1. The molecule has 1 aromatic heterocycles. The van der Waals surface area contributed by atoms with E-state index in [1.807, 2.05) is 13.0 Å². The van der Waals surface area contributed by atoms with Crippen LogP contribution in [0.5, 0.6) is 0 Å². The Morgan fingerprint density at radius 2 is 1.88 bits per heavy atom. The van der Waals surface area contributed by atoms with Gasteiger partial charge < -0.3 is 15.1 Å². The second-order valence-electron chi connectivity index (χ2n) is 6.89. The molecule has 1 aliphatic heterocycles. The van der Waals surface area contributed by atoms with E-state index in [2.05, 4.69) is 32.0 Å². The van der Waals surface area contributed by atoms with Crippen molar-refractivity contribution in [1.82, 2.24) is 20.2 Å². The van der Waals surface area contributed by atoms with E-state index in [4.69, 9.17) is 0 Å². The smallest absolute Gasteiger partial charge is 0.270 e. The molecular formula is C18H29N5O. The van der Waals surface area contributed by atoms with Crippen molar-refractivity contribution >= 4 is 11.7 Å². The number of carbonyl (C=O) groups is 1. The number of nitrogens with zero attached hydrogens (tertiary/aromatic N) is 4. The van der Waals surface area contributed by atoms with Crippen LogP contribution in [-0.4, -0.2) is 59.5 Å². The first-order chi connectivity index (χ1) is 11.7. The zero-order valence-electron chi connectivity index (χ0n) is 14.9. The molecule has 0 radical (unpaired) electrons. The van der Waals surface area contributed by atoms with Crippen molar-refractivity contribution in [2.45, 2.75) is 52.0 Å². The molecule has 0 bridgehead atoms. The molecule has 0 atom stereocenters. The lowest BCUT2D eigenvalue weighted by atomic mass is 9.95. The van der Waals surface area contributed by atoms with Gasteiger partial charge in [-0.15, -0.1) is 0 Å². The topological polar surface area (TPSA) is 61.4 Å². The molecule has 1 amide bonds. The highest BCUT2D eigenvalue weighted by Crippen LogP contribution is 2.19. The van der Waals surface area contributed by atoms with Crippen LogP contribution in [0.4, 0.5) is 5.82 Å². The molecule has 0 aromatic carbocycles. The molecule has 6 heteroatoms. The average Bonchev–Trinajstić information content (AvgIpc) is 2.62. The number of aromatic nitrogens is 2. The van der Waals surface area contributed by atoms with E-state index >= 15 is 0 Å². The predicted molar refractivity (Wildman–Crippen MR) is 95.4 cm³/mol. The fraction of sp³-hybridized carbons (Fsp3) is 0.722. The zero-order chi connectivity index (χ0) is 16.9. The number of anilines is 1. The van der Waals surface area contributed by atoms with Crippen LogP contribution >= 0.6 is 0 Å². The maximum absolute atomic E-state index is 12.6. The second-order valence-corrected chi connectivity index (χ2v) is 6.89. The van der Waals surface area contributed by atoms with E-state index in [-0.39, 0.29) is 5.91 Å². The van der Waals surface area contributed by atoms with E-state index < -0.39 is 0 Å². The molecule has 132 valence electrons. The van der Waals surface area contributed by atoms with Crippen molar-refractivity contribution < 1.29 is 4.79 Å². The summed E-state index contributed by atoms with van der Waals surface area (Å²) in [6.45, 7) is 9.14. The van der Waals surface area contributed by atoms with Gasteiger partial charge in [-0.2, -0.15) is 0 Å². The lowest BCUT2D eigenvalue weighted by molar-refractivity contribution is 0.0922. The number of piperazine rings is 1. The molecule has 1 saturated heterocycles. The zero-order valence-corrected chi connectivity index (χ0v) is 14.9. The lowest BCUT2D eigenvalue weighted by Crippen LogP contribution is -2.46. The average molecular weight is 331 g/mol. The van der Waals surface area contributed by atoms with Crippen LogP contribution in [0.3, 0.4) is 0 Å². The highest BCUT2D eigenvalue weighted by molar-refractivity contribution is 5.93. The third-order valence-corrected chi connectivity index (χ3v) is 5.14. The van der Waals surface area contributed by atoms with Crippen LogP contribution in [0.25, 0.3) is 0 Å². The summed E-state index contributed by atoms with van der Waals surface area (Å²) in [7, 11) is 0. The van der Waals surface area contributed by atoms with E-state index in [0.717, 1.165) is 51.4 Å². The lowest BCUT2D eigenvalue weighted by Gasteiger charge is -2.34. The standard InChI is InChI=1S/C18H29N5O/c1-3-22-9-11-23(12-10-22)17-13-16(19-14(2)20-17)18(24)21-15-7-5-4-6-8-15/h13,15H,3-12H2,1-2H3,(H,21,24). The predicted octanol–water partition coefficient (Wildman–Crippen LogP) is 1.99. The number of hydrogen-bond donors (Lipinski definition) is 1. The van der Waals surface area contributed by atoms with Crippen molar-refractivity contribution in [2.75, 3.05) is 37.6 Å². The third-order valence-electron chi connectivity index (χ3n) is 5.14. The van der Waals surface area contributed by atoms with E-state index in [9.17, 15) is 4.79 Å². The second kappa shape index (κ2) is 7.92. The molecule has 2 aliphatic rings. The molecular weight excluding hydrogens is 302 g/mol. The Morgan fingerprint density at radius 3 is 2.54 bits per heavy atom. The quantitative estimate of drug-likeness (QED) is 0.914. The summed E-state index contributed by atoms with van der Waals surface area (Å²) in [6.07, 6.45) is 5.87. The minimum atomic E-state index is -0.0548. The molecule has 1 saturated carbocycles. The normalized spacial score (nSPS) is 20.2. The van der Waals surface area contributed by atoms with Crippen LogP contribution in [-0.2, 0) is 0 Å². The monoisotopic (exact) mass is 331 g/mol. The van der Waals surface area contributed by atoms with Crippen LogP contribution in [0.15, 0.2) is 6.07 Å². The maximum atomic E-state index is 12.6. The van der Waals surface area contributed by atoms with E-state index in [1.165, 1.54) is 19.3 Å². The van der Waals surface area contributed by atoms with Crippen molar-refractivity contribution in [1.29, 1.82) is 0 Å². The molecule has 1 N–H and O–H groups in total.